The van der Waals surface area contributed by atoms with Crippen LogP contribution in [-0.4, -0.2) is 65.9 Å². The number of aromatic hydroxyl groups is 1. The van der Waals surface area contributed by atoms with Gasteiger partial charge in [-0.05, 0) is 26.0 Å². The molecule has 140 valence electrons. The molecule has 2 heterocycles. The Balaban J connectivity index is 1.63. The Bertz CT molecular complexity index is 717. The van der Waals surface area contributed by atoms with E-state index in [1.807, 2.05) is 26.0 Å². The van der Waals surface area contributed by atoms with Crippen molar-refractivity contribution in [3.8, 4) is 5.75 Å². The SMILES string of the molecule is CCOCCN1CCN(c2cc(C)nc(Nc3cccc(O)c3)n2)CC1. The first-order valence-electron chi connectivity index (χ1n) is 9.11. The van der Waals surface area contributed by atoms with E-state index in [2.05, 4.69) is 25.1 Å². The van der Waals surface area contributed by atoms with Crippen LogP contribution in [0.1, 0.15) is 12.6 Å². The predicted octanol–water partition coefficient (Wildman–Crippen LogP) is 2.39. The molecule has 0 spiro atoms. The standard InChI is InChI=1S/C19H27N5O2/c1-3-26-12-11-23-7-9-24(10-8-23)18-13-15(2)20-19(22-18)21-16-5-4-6-17(25)14-16/h4-6,13-14,25H,3,7-12H2,1-2H3,(H,20,21,22). The van der Waals surface area contributed by atoms with Crippen LogP contribution in [-0.2, 0) is 4.74 Å². The summed E-state index contributed by atoms with van der Waals surface area (Å²) in [5, 5.41) is 12.8. The van der Waals surface area contributed by atoms with Gasteiger partial charge in [-0.15, -0.1) is 0 Å². The fourth-order valence-electron chi connectivity index (χ4n) is 3.02. The summed E-state index contributed by atoms with van der Waals surface area (Å²) < 4.78 is 5.44. The molecule has 1 aromatic heterocycles. The lowest BCUT2D eigenvalue weighted by Gasteiger charge is -2.35. The van der Waals surface area contributed by atoms with Gasteiger partial charge in [0.2, 0.25) is 5.95 Å². The molecule has 1 aliphatic rings. The van der Waals surface area contributed by atoms with Crippen LogP contribution in [0.5, 0.6) is 5.75 Å². The number of aryl methyl sites for hydroxylation is 1. The summed E-state index contributed by atoms with van der Waals surface area (Å²) in [7, 11) is 0. The van der Waals surface area contributed by atoms with Crippen LogP contribution in [0.15, 0.2) is 30.3 Å². The number of hydrogen-bond acceptors (Lipinski definition) is 7. The molecule has 1 saturated heterocycles. The van der Waals surface area contributed by atoms with Crippen LogP contribution < -0.4 is 10.2 Å². The Kier molecular flexibility index (Phi) is 6.25. The van der Waals surface area contributed by atoms with Crippen LogP contribution >= 0.6 is 0 Å². The minimum Gasteiger partial charge on any atom is -0.508 e. The van der Waals surface area contributed by atoms with Crippen molar-refractivity contribution in [1.82, 2.24) is 14.9 Å². The van der Waals surface area contributed by atoms with E-state index in [0.29, 0.717) is 5.95 Å². The van der Waals surface area contributed by atoms with Gasteiger partial charge in [-0.25, -0.2) is 4.98 Å². The highest BCUT2D eigenvalue weighted by molar-refractivity contribution is 5.57. The number of nitrogens with one attached hydrogen (secondary N) is 1. The molecule has 0 atom stereocenters. The first kappa shape index (κ1) is 18.4. The van der Waals surface area contributed by atoms with E-state index >= 15 is 0 Å². The number of rotatable bonds is 7. The second kappa shape index (κ2) is 8.82. The zero-order valence-electron chi connectivity index (χ0n) is 15.5. The first-order chi connectivity index (χ1) is 12.6. The van der Waals surface area contributed by atoms with Crippen molar-refractivity contribution in [3.05, 3.63) is 36.0 Å². The van der Waals surface area contributed by atoms with Gasteiger partial charge in [0.05, 0.1) is 6.61 Å². The van der Waals surface area contributed by atoms with Crippen LogP contribution in [0.25, 0.3) is 0 Å². The third kappa shape index (κ3) is 5.06. The third-order valence-corrected chi connectivity index (χ3v) is 4.40. The van der Waals surface area contributed by atoms with E-state index in [9.17, 15) is 5.11 Å². The summed E-state index contributed by atoms with van der Waals surface area (Å²) in [5.74, 6) is 1.69. The molecule has 0 unspecified atom stereocenters. The van der Waals surface area contributed by atoms with Crippen molar-refractivity contribution in [2.45, 2.75) is 13.8 Å². The lowest BCUT2D eigenvalue weighted by Crippen LogP contribution is -2.47. The maximum absolute atomic E-state index is 9.60. The van der Waals surface area contributed by atoms with Gasteiger partial charge >= 0.3 is 0 Å². The van der Waals surface area contributed by atoms with E-state index in [1.165, 1.54) is 0 Å². The van der Waals surface area contributed by atoms with Crippen LogP contribution in [0, 0.1) is 6.92 Å². The minimum atomic E-state index is 0.214. The smallest absolute Gasteiger partial charge is 0.229 e. The molecule has 1 fully saturated rings. The normalized spacial score (nSPS) is 15.2. The van der Waals surface area contributed by atoms with Gasteiger partial charge in [0.15, 0.2) is 0 Å². The highest BCUT2D eigenvalue weighted by Gasteiger charge is 2.18. The lowest BCUT2D eigenvalue weighted by atomic mass is 10.3. The molecule has 7 heteroatoms. The Hall–Kier alpha value is -2.38. The number of phenolic OH excluding ortho intramolecular Hbond substituents is 1. The van der Waals surface area contributed by atoms with Gasteiger partial charge < -0.3 is 20.1 Å². The summed E-state index contributed by atoms with van der Waals surface area (Å²) >= 11 is 0. The average molecular weight is 357 g/mol. The minimum absolute atomic E-state index is 0.214. The molecule has 0 aliphatic carbocycles. The van der Waals surface area contributed by atoms with E-state index < -0.39 is 0 Å². The van der Waals surface area contributed by atoms with Gasteiger partial charge in [-0.1, -0.05) is 6.07 Å². The predicted molar refractivity (Wildman–Crippen MR) is 103 cm³/mol. The highest BCUT2D eigenvalue weighted by atomic mass is 16.5. The number of benzene rings is 1. The van der Waals surface area contributed by atoms with Crippen molar-refractivity contribution in [2.75, 3.05) is 56.2 Å². The highest BCUT2D eigenvalue weighted by Crippen LogP contribution is 2.21. The van der Waals surface area contributed by atoms with E-state index in [4.69, 9.17) is 4.74 Å². The molecule has 1 aliphatic heterocycles. The number of hydrogen-bond donors (Lipinski definition) is 2. The van der Waals surface area contributed by atoms with Gasteiger partial charge in [0.25, 0.3) is 0 Å². The zero-order valence-corrected chi connectivity index (χ0v) is 15.5. The van der Waals surface area contributed by atoms with Crippen molar-refractivity contribution in [2.24, 2.45) is 0 Å². The van der Waals surface area contributed by atoms with Crippen LogP contribution in [0.2, 0.25) is 0 Å². The summed E-state index contributed by atoms with van der Waals surface area (Å²) in [4.78, 5) is 13.8. The van der Waals surface area contributed by atoms with Crippen LogP contribution in [0.3, 0.4) is 0 Å². The third-order valence-electron chi connectivity index (χ3n) is 4.40. The Morgan fingerprint density at radius 3 is 2.69 bits per heavy atom. The summed E-state index contributed by atoms with van der Waals surface area (Å²) in [5.41, 5.74) is 1.68. The molecule has 0 amide bonds. The Morgan fingerprint density at radius 2 is 1.96 bits per heavy atom. The lowest BCUT2D eigenvalue weighted by molar-refractivity contribution is 0.111. The topological polar surface area (TPSA) is 73.8 Å². The van der Waals surface area contributed by atoms with Crippen LogP contribution in [0.4, 0.5) is 17.5 Å². The van der Waals surface area contributed by atoms with Gasteiger partial charge in [0.1, 0.15) is 11.6 Å². The van der Waals surface area contributed by atoms with Crippen molar-refractivity contribution >= 4 is 17.5 Å². The van der Waals surface area contributed by atoms with Crippen molar-refractivity contribution in [1.29, 1.82) is 0 Å². The van der Waals surface area contributed by atoms with E-state index in [0.717, 1.165) is 63.1 Å². The van der Waals surface area contributed by atoms with Crippen molar-refractivity contribution in [3.63, 3.8) is 0 Å². The molecule has 0 radical (unpaired) electrons. The van der Waals surface area contributed by atoms with E-state index in [1.54, 1.807) is 18.2 Å². The summed E-state index contributed by atoms with van der Waals surface area (Å²) in [6.45, 7) is 10.4. The summed E-state index contributed by atoms with van der Waals surface area (Å²) in [6, 6.07) is 8.98. The van der Waals surface area contributed by atoms with E-state index in [-0.39, 0.29) is 5.75 Å². The molecule has 0 bridgehead atoms. The zero-order chi connectivity index (χ0) is 18.4. The number of aromatic nitrogens is 2. The largest absolute Gasteiger partial charge is 0.508 e. The number of piperazine rings is 1. The molecule has 2 aromatic rings. The fraction of sp³-hybridized carbons (Fsp3) is 0.474. The molecule has 7 nitrogen and oxygen atoms in total. The second-order valence-corrected chi connectivity index (χ2v) is 6.39. The van der Waals surface area contributed by atoms with Gasteiger partial charge in [0, 0.05) is 62.8 Å². The molecular weight excluding hydrogens is 330 g/mol. The number of ether oxygens (including phenoxy) is 1. The van der Waals surface area contributed by atoms with Gasteiger partial charge in [-0.3, -0.25) is 4.90 Å². The molecule has 2 N–H and O–H groups in total. The van der Waals surface area contributed by atoms with Crippen molar-refractivity contribution < 1.29 is 9.84 Å². The molecule has 3 rings (SSSR count). The number of anilines is 3. The van der Waals surface area contributed by atoms with Gasteiger partial charge in [-0.2, -0.15) is 4.98 Å². The quantitative estimate of drug-likeness (QED) is 0.737. The first-order valence-corrected chi connectivity index (χ1v) is 9.11. The Morgan fingerprint density at radius 1 is 1.15 bits per heavy atom. The average Bonchev–Trinajstić information content (AvgIpc) is 2.62. The number of phenols is 1. The molecule has 1 aromatic carbocycles. The Labute approximate surface area is 154 Å². The maximum Gasteiger partial charge on any atom is 0.229 e. The second-order valence-electron chi connectivity index (χ2n) is 6.39. The molecule has 26 heavy (non-hydrogen) atoms. The fourth-order valence-corrected chi connectivity index (χ4v) is 3.02. The molecular formula is C19H27N5O2. The summed E-state index contributed by atoms with van der Waals surface area (Å²) in [6.07, 6.45) is 0. The molecule has 0 saturated carbocycles. The monoisotopic (exact) mass is 357 g/mol. The maximum atomic E-state index is 9.60. The number of nitrogens with zero attached hydrogens (tertiary/aromatic N) is 4.